The van der Waals surface area contributed by atoms with Crippen LogP contribution in [-0.4, -0.2) is 58.0 Å². The van der Waals surface area contributed by atoms with Gasteiger partial charge in [0.1, 0.15) is 0 Å². The molecule has 1 saturated heterocycles. The quantitative estimate of drug-likeness (QED) is 0.672. The first-order valence-electron chi connectivity index (χ1n) is 8.91. The molecule has 0 aromatic heterocycles. The molecule has 1 aliphatic heterocycles. The van der Waals surface area contributed by atoms with Gasteiger partial charge < -0.3 is 23.9 Å². The topological polar surface area (TPSA) is 94.2 Å². The van der Waals surface area contributed by atoms with E-state index in [1.807, 2.05) is 13.8 Å². The lowest BCUT2D eigenvalue weighted by atomic mass is 10.1. The van der Waals surface area contributed by atoms with Crippen LogP contribution in [-0.2, 0) is 21.4 Å². The fourth-order valence-corrected chi connectivity index (χ4v) is 3.32. The largest absolute Gasteiger partial charge is 0.493 e. The zero-order chi connectivity index (χ0) is 20.0. The maximum Gasteiger partial charge on any atom is 0.317 e. The van der Waals surface area contributed by atoms with Gasteiger partial charge in [-0.1, -0.05) is 6.07 Å². The molecule has 1 heterocycles. The predicted octanol–water partition coefficient (Wildman–Crippen LogP) is 2.13. The van der Waals surface area contributed by atoms with Crippen LogP contribution in [0.25, 0.3) is 0 Å². The van der Waals surface area contributed by atoms with Crippen LogP contribution in [0.4, 0.5) is 4.79 Å². The van der Waals surface area contributed by atoms with E-state index in [-0.39, 0.29) is 23.9 Å². The number of carbonyl (C=O) groups is 1. The van der Waals surface area contributed by atoms with E-state index in [1.54, 1.807) is 23.1 Å². The average Bonchev–Trinajstić information content (AvgIpc) is 3.05. The molecule has 2 rings (SSSR count). The Labute approximate surface area is 160 Å². The van der Waals surface area contributed by atoms with Crippen molar-refractivity contribution in [3.8, 4) is 11.5 Å². The highest BCUT2D eigenvalue weighted by molar-refractivity contribution is 7.86. The molecular weight excluding hydrogens is 372 g/mol. The number of nitrogens with one attached hydrogen (secondary N) is 1. The first kappa shape index (κ1) is 21.3. The van der Waals surface area contributed by atoms with E-state index in [9.17, 15) is 13.2 Å². The van der Waals surface area contributed by atoms with Crippen molar-refractivity contribution in [1.29, 1.82) is 0 Å². The highest BCUT2D eigenvalue weighted by Crippen LogP contribution is 2.30. The molecule has 0 radical (unpaired) electrons. The molecule has 9 heteroatoms. The highest BCUT2D eigenvalue weighted by Gasteiger charge is 2.24. The fourth-order valence-electron chi connectivity index (χ4n) is 2.86. The molecule has 0 spiro atoms. The molecule has 1 aromatic carbocycles. The van der Waals surface area contributed by atoms with Crippen LogP contribution in [0.3, 0.4) is 0 Å². The Balaban J connectivity index is 2.21. The van der Waals surface area contributed by atoms with Gasteiger partial charge in [0.2, 0.25) is 0 Å². The first-order valence-corrected chi connectivity index (χ1v) is 10.7. The van der Waals surface area contributed by atoms with Gasteiger partial charge in [-0.15, -0.1) is 0 Å². The molecule has 1 aliphatic rings. The summed E-state index contributed by atoms with van der Waals surface area (Å²) in [5.74, 6) is 0.403. The van der Waals surface area contributed by atoms with Gasteiger partial charge in [-0.25, -0.2) is 4.79 Å². The number of benzene rings is 1. The maximum absolute atomic E-state index is 12.6. The lowest BCUT2D eigenvalue weighted by molar-refractivity contribution is 0.0791. The van der Waals surface area contributed by atoms with Crippen LogP contribution >= 0.6 is 0 Å². The smallest absolute Gasteiger partial charge is 0.317 e. The van der Waals surface area contributed by atoms with Crippen LogP contribution in [0.2, 0.25) is 0 Å². The Morgan fingerprint density at radius 3 is 2.67 bits per heavy atom. The van der Waals surface area contributed by atoms with Gasteiger partial charge in [0, 0.05) is 25.7 Å². The Morgan fingerprint density at radius 2 is 2.11 bits per heavy atom. The first-order chi connectivity index (χ1) is 12.7. The fraction of sp³-hybridized carbons (Fsp3) is 0.611. The number of ether oxygens (including phenoxy) is 2. The van der Waals surface area contributed by atoms with Crippen LogP contribution in [0.15, 0.2) is 18.2 Å². The Kier molecular flexibility index (Phi) is 7.32. The number of nitrogens with zero attached hydrogens (tertiary/aromatic N) is 1. The van der Waals surface area contributed by atoms with Gasteiger partial charge >= 0.3 is 16.1 Å². The van der Waals surface area contributed by atoms with Crippen LogP contribution in [0.5, 0.6) is 11.5 Å². The highest BCUT2D eigenvalue weighted by atomic mass is 32.2. The number of hydrogen-bond acceptors (Lipinski definition) is 6. The molecule has 1 atom stereocenters. The van der Waals surface area contributed by atoms with Crippen molar-refractivity contribution < 1.29 is 26.9 Å². The minimum atomic E-state index is -3.70. The molecule has 0 saturated carbocycles. The van der Waals surface area contributed by atoms with Gasteiger partial charge in [0.25, 0.3) is 0 Å². The van der Waals surface area contributed by atoms with Crippen LogP contribution in [0, 0.1) is 0 Å². The summed E-state index contributed by atoms with van der Waals surface area (Å²) < 4.78 is 38.8. The maximum atomic E-state index is 12.6. The van der Waals surface area contributed by atoms with Crippen LogP contribution < -0.4 is 14.2 Å². The summed E-state index contributed by atoms with van der Waals surface area (Å²) in [5.41, 5.74) is 0.728. The number of hydrogen-bond donors (Lipinski definition) is 1. The van der Waals surface area contributed by atoms with Gasteiger partial charge in [-0.05, 0) is 44.4 Å². The lowest BCUT2D eigenvalue weighted by Crippen LogP contribution is -2.45. The molecule has 1 unspecified atom stereocenters. The van der Waals surface area contributed by atoms with E-state index in [1.165, 1.54) is 7.11 Å². The summed E-state index contributed by atoms with van der Waals surface area (Å²) in [6, 6.07) is 4.79. The monoisotopic (exact) mass is 400 g/mol. The van der Waals surface area contributed by atoms with Crippen molar-refractivity contribution in [2.24, 2.45) is 0 Å². The normalized spacial score (nSPS) is 17.0. The summed E-state index contributed by atoms with van der Waals surface area (Å²) in [6.45, 7) is 5.26. The molecule has 0 aliphatic carbocycles. The Bertz CT molecular complexity index is 744. The van der Waals surface area contributed by atoms with Crippen LogP contribution in [0.1, 0.15) is 32.3 Å². The predicted molar refractivity (Wildman–Crippen MR) is 102 cm³/mol. The lowest BCUT2D eigenvalue weighted by Gasteiger charge is -2.27. The Hall–Kier alpha value is -2.00. The van der Waals surface area contributed by atoms with Crippen molar-refractivity contribution in [2.45, 2.75) is 45.4 Å². The number of amides is 2. The summed E-state index contributed by atoms with van der Waals surface area (Å²) >= 11 is 0. The summed E-state index contributed by atoms with van der Waals surface area (Å²) in [5, 5.41) is 2.89. The standard InChI is InChI=1S/C18H28N2O6S/c1-13(2)19-18(21)20(12-15-6-5-9-25-15)11-14-7-8-16(24-3)17(10-14)26-27(4,22)23/h7-8,10,13,15H,5-6,9,11-12H2,1-4H3,(H,19,21). The van der Waals surface area contributed by atoms with Crippen molar-refractivity contribution >= 4 is 16.1 Å². The molecular formula is C18H28N2O6S. The van der Waals surface area contributed by atoms with Crippen molar-refractivity contribution in [1.82, 2.24) is 10.2 Å². The number of urea groups is 1. The molecule has 2 amide bonds. The Morgan fingerprint density at radius 1 is 1.37 bits per heavy atom. The number of methoxy groups -OCH3 is 1. The SMILES string of the molecule is COc1ccc(CN(CC2CCCO2)C(=O)NC(C)C)cc1OS(C)(=O)=O. The van der Waals surface area contributed by atoms with Gasteiger partial charge in [-0.3, -0.25) is 0 Å². The second kappa shape index (κ2) is 9.27. The molecule has 1 N–H and O–H groups in total. The van der Waals surface area contributed by atoms with E-state index in [0.717, 1.165) is 24.7 Å². The van der Waals surface area contributed by atoms with E-state index in [4.69, 9.17) is 13.7 Å². The minimum Gasteiger partial charge on any atom is -0.493 e. The molecule has 1 aromatic rings. The molecule has 8 nitrogen and oxygen atoms in total. The third kappa shape index (κ3) is 6.91. The van der Waals surface area contributed by atoms with Gasteiger partial charge in [-0.2, -0.15) is 8.42 Å². The number of carbonyl (C=O) groups excluding carboxylic acids is 1. The molecule has 152 valence electrons. The summed E-state index contributed by atoms with van der Waals surface area (Å²) in [4.78, 5) is 14.3. The number of rotatable bonds is 8. The second-order valence-corrected chi connectivity index (χ2v) is 8.47. The van der Waals surface area contributed by atoms with Crippen molar-refractivity contribution in [3.05, 3.63) is 23.8 Å². The molecule has 1 fully saturated rings. The van der Waals surface area contributed by atoms with E-state index in [0.29, 0.717) is 25.4 Å². The second-order valence-electron chi connectivity index (χ2n) is 6.89. The van der Waals surface area contributed by atoms with E-state index < -0.39 is 10.1 Å². The third-order valence-electron chi connectivity index (χ3n) is 3.99. The molecule has 27 heavy (non-hydrogen) atoms. The van der Waals surface area contributed by atoms with Gasteiger partial charge in [0.05, 0.1) is 19.5 Å². The summed E-state index contributed by atoms with van der Waals surface area (Å²) in [6.07, 6.45) is 2.88. The minimum absolute atomic E-state index is 0.00416. The van der Waals surface area contributed by atoms with E-state index in [2.05, 4.69) is 5.32 Å². The zero-order valence-electron chi connectivity index (χ0n) is 16.2. The third-order valence-corrected chi connectivity index (χ3v) is 4.47. The average molecular weight is 400 g/mol. The zero-order valence-corrected chi connectivity index (χ0v) is 17.0. The molecule has 0 bridgehead atoms. The van der Waals surface area contributed by atoms with Crippen molar-refractivity contribution in [2.75, 3.05) is 26.5 Å². The van der Waals surface area contributed by atoms with E-state index >= 15 is 0 Å². The summed E-state index contributed by atoms with van der Waals surface area (Å²) in [7, 11) is -2.26. The van der Waals surface area contributed by atoms with Gasteiger partial charge in [0.15, 0.2) is 11.5 Å². The van der Waals surface area contributed by atoms with Crippen molar-refractivity contribution in [3.63, 3.8) is 0 Å².